The van der Waals surface area contributed by atoms with Gasteiger partial charge in [0.05, 0.1) is 41.3 Å². The Bertz CT molecular complexity index is 2200. The molecule has 45 heavy (non-hydrogen) atoms. The van der Waals surface area contributed by atoms with Crippen molar-refractivity contribution in [3.8, 4) is 0 Å². The lowest BCUT2D eigenvalue weighted by Crippen LogP contribution is -2.20. The molecule has 2 fully saturated rings. The van der Waals surface area contributed by atoms with Gasteiger partial charge < -0.3 is 24.3 Å². The average Bonchev–Trinajstić information content (AvgIpc) is 3.61. The maximum absolute atomic E-state index is 13.3. The van der Waals surface area contributed by atoms with Gasteiger partial charge >= 0.3 is 5.97 Å². The highest BCUT2D eigenvalue weighted by atomic mass is 17.0. The van der Waals surface area contributed by atoms with Crippen LogP contribution in [0, 0.1) is 12.8 Å². The minimum atomic E-state index is -1.09. The van der Waals surface area contributed by atoms with Gasteiger partial charge in [-0.25, -0.2) is 15.0 Å². The normalized spacial score (nSPS) is 27.4. The molecule has 0 radical (unpaired) electrons. The number of hydrogen-bond acceptors (Lipinski definition) is 8. The number of nitrogens with one attached hydrogen (secondary N) is 1. The van der Waals surface area contributed by atoms with Crippen molar-refractivity contribution in [3.05, 3.63) is 121 Å². The molecule has 2 N–H and O–H groups in total. The SMILES string of the molecule is C=CC1=C(C)C2=NC1=CC1=C(C)C3=C(O)[C@H](C(=O)OC)C(=C4N=C(C=c5[nH]c(c(C=C)c5C)=C2)C(C)=C4/C=C/C24OC2O4)C3=N1. The molecule has 2 saturated heterocycles. The lowest BCUT2D eigenvalue weighted by Gasteiger charge is -2.14. The van der Waals surface area contributed by atoms with Gasteiger partial charge in [0.25, 0.3) is 0 Å². The van der Waals surface area contributed by atoms with Gasteiger partial charge in [0, 0.05) is 38.6 Å². The molecular weight excluding hydrogens is 568 g/mol. The second kappa shape index (κ2) is 9.20. The van der Waals surface area contributed by atoms with E-state index in [1.54, 1.807) is 6.08 Å². The molecule has 7 heterocycles. The van der Waals surface area contributed by atoms with Gasteiger partial charge in [-0.2, -0.15) is 0 Å². The minimum absolute atomic E-state index is 0.112. The molecule has 9 nitrogen and oxygen atoms in total. The van der Waals surface area contributed by atoms with Crippen LogP contribution in [0.5, 0.6) is 0 Å². The second-order valence-electron chi connectivity index (χ2n) is 11.9. The highest BCUT2D eigenvalue weighted by molar-refractivity contribution is 6.28. The average molecular weight is 599 g/mol. The maximum atomic E-state index is 13.3. The third kappa shape index (κ3) is 3.74. The Morgan fingerprint density at radius 2 is 1.67 bits per heavy atom. The fourth-order valence-corrected chi connectivity index (χ4v) is 6.68. The van der Waals surface area contributed by atoms with Gasteiger partial charge in [0.15, 0.2) is 0 Å². The van der Waals surface area contributed by atoms with E-state index in [1.165, 1.54) is 7.11 Å². The van der Waals surface area contributed by atoms with Crippen molar-refractivity contribution in [1.82, 2.24) is 4.98 Å². The smallest absolute Gasteiger partial charge is 0.321 e. The van der Waals surface area contributed by atoms with Crippen LogP contribution >= 0.6 is 0 Å². The maximum Gasteiger partial charge on any atom is 0.321 e. The summed E-state index contributed by atoms with van der Waals surface area (Å²) in [6, 6.07) is 0. The Hall–Kier alpha value is -5.12. The van der Waals surface area contributed by atoms with E-state index < -0.39 is 17.7 Å². The molecule has 1 aromatic rings. The number of allylic oxidation sites excluding steroid dienone is 7. The molecule has 7 aliphatic rings. The van der Waals surface area contributed by atoms with Crippen molar-refractivity contribution in [2.75, 3.05) is 7.11 Å². The Labute approximate surface area is 259 Å². The molecule has 8 rings (SSSR count). The zero-order chi connectivity index (χ0) is 31.5. The number of nitrogens with zero attached hydrogens (tertiary/aromatic N) is 3. The number of aliphatic hydroxyl groups excluding tert-OH is 1. The minimum Gasteiger partial charge on any atom is -0.510 e. The van der Waals surface area contributed by atoms with Crippen LogP contribution in [0.4, 0.5) is 0 Å². The van der Waals surface area contributed by atoms with Crippen LogP contribution < -0.4 is 10.7 Å². The van der Waals surface area contributed by atoms with Gasteiger partial charge in [-0.05, 0) is 74.3 Å². The predicted octanol–water partition coefficient (Wildman–Crippen LogP) is 4.39. The molecule has 1 atom stereocenters. The molecule has 9 heteroatoms. The van der Waals surface area contributed by atoms with E-state index in [4.69, 9.17) is 29.2 Å². The summed E-state index contributed by atoms with van der Waals surface area (Å²) in [5, 5.41) is 13.4. The van der Waals surface area contributed by atoms with Crippen LogP contribution in [0.3, 0.4) is 0 Å². The molecule has 1 aromatic heterocycles. The van der Waals surface area contributed by atoms with Gasteiger partial charge in [-0.3, -0.25) is 4.79 Å². The number of fused-ring (bicyclic) bond motifs is 6. The summed E-state index contributed by atoms with van der Waals surface area (Å²) in [6.45, 7) is 16.0. The van der Waals surface area contributed by atoms with Gasteiger partial charge in [-0.15, -0.1) is 0 Å². The number of aliphatic imine (C=N–C) groups is 3. The van der Waals surface area contributed by atoms with Gasteiger partial charge in [0.1, 0.15) is 11.7 Å². The van der Waals surface area contributed by atoms with Crippen molar-refractivity contribution in [1.29, 1.82) is 0 Å². The zero-order valence-corrected chi connectivity index (χ0v) is 25.5. The number of aliphatic hydroxyl groups is 1. The molecule has 6 aliphatic heterocycles. The van der Waals surface area contributed by atoms with Crippen LogP contribution in [0.2, 0.25) is 0 Å². The first-order valence-electron chi connectivity index (χ1n) is 14.7. The lowest BCUT2D eigenvalue weighted by molar-refractivity contribution is -0.143. The number of aromatic nitrogens is 1. The van der Waals surface area contributed by atoms with Gasteiger partial charge in [0.2, 0.25) is 12.1 Å². The Morgan fingerprint density at radius 1 is 0.978 bits per heavy atom. The van der Waals surface area contributed by atoms with Crippen molar-refractivity contribution in [3.63, 3.8) is 0 Å². The Kier molecular flexibility index (Phi) is 5.61. The molecule has 0 saturated carbocycles. The molecular formula is C36H30N4O5. The second-order valence-corrected chi connectivity index (χ2v) is 11.9. The Balaban J connectivity index is 1.47. The number of carbonyl (C=O) groups excluding carboxylic acids is 1. The molecule has 1 aliphatic carbocycles. The molecule has 0 unspecified atom stereocenters. The quantitative estimate of drug-likeness (QED) is 0.384. The van der Waals surface area contributed by atoms with Crippen LogP contribution in [0.25, 0.3) is 18.2 Å². The van der Waals surface area contributed by atoms with E-state index in [0.717, 1.165) is 55.4 Å². The number of methoxy groups -OCH3 is 1. The third-order valence-corrected chi connectivity index (χ3v) is 9.46. The summed E-state index contributed by atoms with van der Waals surface area (Å²) in [4.78, 5) is 32.0. The highest BCUT2D eigenvalue weighted by Gasteiger charge is 2.75. The number of esters is 1. The first kappa shape index (κ1) is 27.4. The van der Waals surface area contributed by atoms with E-state index in [0.29, 0.717) is 39.7 Å². The summed E-state index contributed by atoms with van der Waals surface area (Å²) in [7, 11) is 1.31. The van der Waals surface area contributed by atoms with Crippen molar-refractivity contribution in [2.24, 2.45) is 20.9 Å². The van der Waals surface area contributed by atoms with Crippen LogP contribution in [0.15, 0.2) is 114 Å². The number of carbonyl (C=O) groups is 1. The van der Waals surface area contributed by atoms with E-state index in [1.807, 2.05) is 64.2 Å². The van der Waals surface area contributed by atoms with Crippen LogP contribution in [-0.2, 0) is 19.0 Å². The monoisotopic (exact) mass is 598 g/mol. The predicted molar refractivity (Wildman–Crippen MR) is 173 cm³/mol. The fraction of sp³-hybridized carbons (Fsp3) is 0.222. The highest BCUT2D eigenvalue weighted by Crippen LogP contribution is 2.57. The zero-order valence-electron chi connectivity index (χ0n) is 25.5. The number of epoxide rings is 2. The fourth-order valence-electron chi connectivity index (χ4n) is 6.68. The first-order valence-corrected chi connectivity index (χ1v) is 14.7. The summed E-state index contributed by atoms with van der Waals surface area (Å²) < 4.78 is 16.2. The summed E-state index contributed by atoms with van der Waals surface area (Å²) in [6.07, 6.45) is 13.1. The molecule has 8 bridgehead atoms. The summed E-state index contributed by atoms with van der Waals surface area (Å²) >= 11 is 0. The molecule has 0 aromatic carbocycles. The van der Waals surface area contributed by atoms with Crippen molar-refractivity contribution in [2.45, 2.75) is 39.8 Å². The third-order valence-electron chi connectivity index (χ3n) is 9.46. The standard InChI is InChI=1S/C36H30N4O5/c1-8-19-15(3)22-12-24-17(5)21(10-11-36-35(44-36)45-36)31(39-24)29-30(34(42)43-7)33(41)28-18(6)25(40-32(28)29)14-27-20(9-2)16(4)23(38-27)13-26(19)37-22/h8-14,30,35,37,41H,1-2H2,3-7H3/b11-10+,22-12?,26-13?,27-14?,31-29?/t30-,35?,36?/m1/s1. The van der Waals surface area contributed by atoms with E-state index in [-0.39, 0.29) is 12.0 Å². The van der Waals surface area contributed by atoms with Crippen LogP contribution in [0.1, 0.15) is 31.9 Å². The number of ether oxygens (including phenoxy) is 3. The molecule has 224 valence electrons. The first-order chi connectivity index (χ1) is 21.6. The number of H-pyrrole nitrogens is 1. The van der Waals surface area contributed by atoms with Crippen molar-refractivity contribution < 1.29 is 24.1 Å². The van der Waals surface area contributed by atoms with Crippen LogP contribution in [-0.4, -0.2) is 52.4 Å². The number of hydrogen-bond donors (Lipinski definition) is 2. The number of aromatic amines is 1. The summed E-state index contributed by atoms with van der Waals surface area (Å²) in [5.74, 6) is -2.49. The van der Waals surface area contributed by atoms with E-state index >= 15 is 0 Å². The summed E-state index contributed by atoms with van der Waals surface area (Å²) in [5.41, 5.74) is 11.0. The van der Waals surface area contributed by atoms with Crippen molar-refractivity contribution >= 4 is 41.3 Å². The Morgan fingerprint density at radius 3 is 2.33 bits per heavy atom. The number of rotatable bonds is 5. The van der Waals surface area contributed by atoms with E-state index in [2.05, 4.69) is 18.1 Å². The lowest BCUT2D eigenvalue weighted by atomic mass is 9.93. The van der Waals surface area contributed by atoms with E-state index in [9.17, 15) is 9.90 Å². The molecule has 0 spiro atoms. The molecule has 0 amide bonds. The largest absolute Gasteiger partial charge is 0.510 e. The topological polar surface area (TPSA) is 124 Å². The van der Waals surface area contributed by atoms with Gasteiger partial charge in [-0.1, -0.05) is 31.4 Å².